The highest BCUT2D eigenvalue weighted by Crippen LogP contribution is 2.36. The molecule has 5 fully saturated rings. The molecule has 25 atom stereocenters. The van der Waals surface area contributed by atoms with Crippen molar-refractivity contribution in [2.24, 2.45) is 0 Å². The van der Waals surface area contributed by atoms with Crippen LogP contribution in [0.4, 0.5) is 0 Å². The number of amides is 1. The third-order valence-corrected chi connectivity index (χ3v) is 10.9. The third-order valence-electron chi connectivity index (χ3n) is 10.9. The van der Waals surface area contributed by atoms with Gasteiger partial charge in [0.15, 0.2) is 37.6 Å². The first-order valence-corrected chi connectivity index (χ1v) is 19.1. The number of hydrogen-bond acceptors (Lipinski definition) is 24. The SMILES string of the molecule is CC(=O)NC1[C@H](OC2[C@H](O)OC(C)[C@H](O)[C@@H]2O[C@H]2O[C@@H](CO)[C@@H](O)C(O)C2O)OC(CO)[C@@H](O)[C@@H]1O[C@@H]1OC(C)[C@H](O)[C@H](O[C@@H]2OC(C)[C@H](O)[C@H](O)C2O)C1OC(C)=O. The van der Waals surface area contributed by atoms with Gasteiger partial charge in [0.25, 0.3) is 0 Å². The minimum absolute atomic E-state index is 0.775. The lowest BCUT2D eigenvalue weighted by Crippen LogP contribution is -2.70. The molecule has 5 heterocycles. The number of esters is 1. The third kappa shape index (κ3) is 10.3. The summed E-state index contributed by atoms with van der Waals surface area (Å²) in [5.74, 6) is -1.73. The standard InChI is InChI=1S/C34H57NO24/c1-8-16(40)21(45)23(47)32(51-8)58-27-18(42)10(3)52-34(29(27)53-12(5)39)56-25-15(35-11(4)38)31(54-14(7-37)20(25)44)59-28-26(17(41)9(2)50-30(28)49)57-33-24(48)22(46)19(43)13(6-36)55-33/h8-10,13-34,36-37,40-49H,6-7H2,1-5H3,(H,35,38)/t8?,9?,10?,13-,14?,15?,16-,17-,18-,19+,20+,21-,22?,23?,24?,25+,26-,27-,28?,29?,30+,31-,32-,33+,34-/m0/s1. The second-order valence-electron chi connectivity index (χ2n) is 15.2. The molecule has 5 rings (SSSR count). The fourth-order valence-electron chi connectivity index (χ4n) is 7.53. The van der Waals surface area contributed by atoms with Crippen molar-refractivity contribution >= 4 is 11.9 Å². The Bertz CT molecular complexity index is 1380. The van der Waals surface area contributed by atoms with E-state index in [4.69, 9.17) is 47.4 Å². The molecule has 0 aromatic rings. The number of aliphatic hydroxyl groups excluding tert-OH is 12. The molecule has 0 radical (unpaired) electrons. The average molecular weight is 864 g/mol. The Balaban J connectivity index is 1.46. The highest BCUT2D eigenvalue weighted by Gasteiger charge is 2.57. The molecule has 5 saturated heterocycles. The van der Waals surface area contributed by atoms with Crippen LogP contribution in [0.1, 0.15) is 34.6 Å². The van der Waals surface area contributed by atoms with Gasteiger partial charge in [0, 0.05) is 13.8 Å². The highest BCUT2D eigenvalue weighted by atomic mass is 16.8. The Labute approximate surface area is 336 Å². The number of rotatable bonds is 12. The Morgan fingerprint density at radius 3 is 1.47 bits per heavy atom. The van der Waals surface area contributed by atoms with Crippen molar-refractivity contribution < 1.29 is 118 Å². The molecule has 342 valence electrons. The van der Waals surface area contributed by atoms with Crippen molar-refractivity contribution in [3.8, 4) is 0 Å². The monoisotopic (exact) mass is 863 g/mol. The first kappa shape index (κ1) is 48.1. The van der Waals surface area contributed by atoms with E-state index in [2.05, 4.69) is 5.32 Å². The summed E-state index contributed by atoms with van der Waals surface area (Å²) in [6.45, 7) is 4.40. The number of hydrogen-bond donors (Lipinski definition) is 13. The molecule has 0 aromatic heterocycles. The maximum atomic E-state index is 12.7. The predicted molar refractivity (Wildman–Crippen MR) is 183 cm³/mol. The van der Waals surface area contributed by atoms with E-state index in [0.29, 0.717) is 0 Å². The maximum absolute atomic E-state index is 12.7. The van der Waals surface area contributed by atoms with Crippen molar-refractivity contribution in [2.45, 2.75) is 188 Å². The molecule has 25 nitrogen and oxygen atoms in total. The molecule has 0 saturated carbocycles. The quantitative estimate of drug-likeness (QED) is 0.0810. The summed E-state index contributed by atoms with van der Waals surface area (Å²) in [7, 11) is 0. The van der Waals surface area contributed by atoms with Crippen LogP contribution in [0.3, 0.4) is 0 Å². The summed E-state index contributed by atoms with van der Waals surface area (Å²) in [5, 5.41) is 130. The second kappa shape index (κ2) is 20.1. The lowest BCUT2D eigenvalue weighted by atomic mass is 9.94. The molecule has 59 heavy (non-hydrogen) atoms. The molecule has 0 spiro atoms. The van der Waals surface area contributed by atoms with Crippen molar-refractivity contribution in [1.82, 2.24) is 5.32 Å². The number of ether oxygens (including phenoxy) is 10. The topological polar surface area (TPSA) is 381 Å². The summed E-state index contributed by atoms with van der Waals surface area (Å²) in [4.78, 5) is 25.1. The molecule has 0 aromatic carbocycles. The number of aliphatic hydroxyl groups is 12. The summed E-state index contributed by atoms with van der Waals surface area (Å²) in [6.07, 6.45) is -40.3. The molecule has 10 unspecified atom stereocenters. The molecular formula is C34H57NO24. The van der Waals surface area contributed by atoms with E-state index < -0.39 is 179 Å². The van der Waals surface area contributed by atoms with Crippen LogP contribution in [0.25, 0.3) is 0 Å². The number of nitrogens with one attached hydrogen (secondary N) is 1. The van der Waals surface area contributed by atoms with Gasteiger partial charge in [-0.05, 0) is 20.8 Å². The highest BCUT2D eigenvalue weighted by molar-refractivity contribution is 5.73. The van der Waals surface area contributed by atoms with E-state index in [-0.39, 0.29) is 0 Å². The van der Waals surface area contributed by atoms with Crippen molar-refractivity contribution in [2.75, 3.05) is 13.2 Å². The van der Waals surface area contributed by atoms with Gasteiger partial charge >= 0.3 is 5.97 Å². The molecule has 13 N–H and O–H groups in total. The Morgan fingerprint density at radius 1 is 0.475 bits per heavy atom. The molecule has 1 amide bonds. The summed E-state index contributed by atoms with van der Waals surface area (Å²) < 4.78 is 57.5. The van der Waals surface area contributed by atoms with Crippen LogP contribution in [-0.4, -0.2) is 240 Å². The van der Waals surface area contributed by atoms with Crippen LogP contribution < -0.4 is 5.32 Å². The van der Waals surface area contributed by atoms with Crippen LogP contribution in [0.2, 0.25) is 0 Å². The normalized spacial score (nSPS) is 50.8. The lowest BCUT2D eigenvalue weighted by Gasteiger charge is -2.50. The fourth-order valence-corrected chi connectivity index (χ4v) is 7.53. The zero-order valence-corrected chi connectivity index (χ0v) is 32.6. The zero-order chi connectivity index (χ0) is 43.8. The van der Waals surface area contributed by atoms with E-state index in [1.54, 1.807) is 0 Å². The van der Waals surface area contributed by atoms with Gasteiger partial charge in [-0.2, -0.15) is 0 Å². The Kier molecular flexibility index (Phi) is 16.4. The van der Waals surface area contributed by atoms with E-state index in [1.165, 1.54) is 20.8 Å². The van der Waals surface area contributed by atoms with Gasteiger partial charge in [-0.25, -0.2) is 0 Å². The second-order valence-corrected chi connectivity index (χ2v) is 15.2. The van der Waals surface area contributed by atoms with Gasteiger partial charge in [0.05, 0.1) is 31.5 Å². The molecule has 0 bridgehead atoms. The van der Waals surface area contributed by atoms with Gasteiger partial charge in [-0.1, -0.05) is 0 Å². The first-order chi connectivity index (χ1) is 27.7. The zero-order valence-electron chi connectivity index (χ0n) is 32.6. The lowest BCUT2D eigenvalue weighted by molar-refractivity contribution is -0.388. The van der Waals surface area contributed by atoms with E-state index in [1.807, 2.05) is 0 Å². The smallest absolute Gasteiger partial charge is 0.303 e. The molecule has 5 aliphatic heterocycles. The van der Waals surface area contributed by atoms with E-state index in [0.717, 1.165) is 13.8 Å². The Morgan fingerprint density at radius 2 is 0.915 bits per heavy atom. The summed E-state index contributed by atoms with van der Waals surface area (Å²) in [5.41, 5.74) is 0. The number of carbonyl (C=O) groups is 2. The largest absolute Gasteiger partial charge is 0.454 e. The first-order valence-electron chi connectivity index (χ1n) is 19.1. The molecular weight excluding hydrogens is 806 g/mol. The summed E-state index contributed by atoms with van der Waals surface area (Å²) >= 11 is 0. The Hall–Kier alpha value is -1.90. The van der Waals surface area contributed by atoms with Crippen LogP contribution in [0.15, 0.2) is 0 Å². The predicted octanol–water partition coefficient (Wildman–Crippen LogP) is -8.13. The van der Waals surface area contributed by atoms with Gasteiger partial charge in [-0.15, -0.1) is 0 Å². The van der Waals surface area contributed by atoms with Gasteiger partial charge in [0.1, 0.15) is 97.6 Å². The van der Waals surface area contributed by atoms with Crippen molar-refractivity contribution in [3.63, 3.8) is 0 Å². The number of carbonyl (C=O) groups excluding carboxylic acids is 2. The van der Waals surface area contributed by atoms with Gasteiger partial charge < -0.3 is 114 Å². The van der Waals surface area contributed by atoms with Gasteiger partial charge in [0.2, 0.25) is 5.91 Å². The van der Waals surface area contributed by atoms with Crippen LogP contribution in [0.5, 0.6) is 0 Å². The van der Waals surface area contributed by atoms with Crippen molar-refractivity contribution in [1.29, 1.82) is 0 Å². The molecule has 5 aliphatic rings. The average Bonchev–Trinajstić information content (AvgIpc) is 3.18. The minimum Gasteiger partial charge on any atom is -0.454 e. The van der Waals surface area contributed by atoms with Crippen LogP contribution >= 0.6 is 0 Å². The van der Waals surface area contributed by atoms with E-state index >= 15 is 0 Å². The van der Waals surface area contributed by atoms with E-state index in [9.17, 15) is 70.9 Å². The van der Waals surface area contributed by atoms with Crippen LogP contribution in [0, 0.1) is 0 Å². The van der Waals surface area contributed by atoms with Gasteiger partial charge in [-0.3, -0.25) is 9.59 Å². The minimum atomic E-state index is -1.97. The van der Waals surface area contributed by atoms with Crippen molar-refractivity contribution in [3.05, 3.63) is 0 Å². The van der Waals surface area contributed by atoms with Crippen LogP contribution in [-0.2, 0) is 57.0 Å². The maximum Gasteiger partial charge on any atom is 0.303 e. The fraction of sp³-hybridized carbons (Fsp3) is 0.941. The molecule has 25 heteroatoms. The molecule has 0 aliphatic carbocycles. The summed E-state index contributed by atoms with van der Waals surface area (Å²) in [6, 6.07) is -1.65.